The molecule has 0 saturated heterocycles. The first-order chi connectivity index (χ1) is 11.7. The van der Waals surface area contributed by atoms with Crippen LogP contribution in [0.25, 0.3) is 21.5 Å². The highest BCUT2D eigenvalue weighted by molar-refractivity contribution is 7.16. The summed E-state index contributed by atoms with van der Waals surface area (Å²) >= 11 is 3.28. The molecule has 120 valence electrons. The molecule has 7 heteroatoms. The molecule has 5 nitrogen and oxygen atoms in total. The number of fused-ring (bicyclic) bond motifs is 1. The topological polar surface area (TPSA) is 70.7 Å². The number of H-pyrrole nitrogens is 1. The third-order valence-electron chi connectivity index (χ3n) is 3.64. The molecule has 4 aromatic rings. The van der Waals surface area contributed by atoms with Gasteiger partial charge in [-0.05, 0) is 25.1 Å². The molecule has 0 aliphatic heterocycles. The van der Waals surface area contributed by atoms with Gasteiger partial charge >= 0.3 is 0 Å². The van der Waals surface area contributed by atoms with Gasteiger partial charge in [0.1, 0.15) is 0 Å². The Bertz CT molecular complexity index is 1010. The molecular weight excluding hydrogens is 340 g/mol. The minimum Gasteiger partial charge on any atom is -0.346 e. The summed E-state index contributed by atoms with van der Waals surface area (Å²) < 4.78 is 0. The molecule has 4 rings (SSSR count). The molecule has 3 aromatic heterocycles. The quantitative estimate of drug-likeness (QED) is 0.582. The summed E-state index contributed by atoms with van der Waals surface area (Å²) in [7, 11) is 0. The standard InChI is InChI=1S/C17H14N4OS2/c1-10-19-14(9-23-10)15-7-6-11(24-15)8-18-17(22)16-12-4-2-3-5-13(12)20-21-16/h2-7,9H,8H2,1H3,(H,18,22)(H,20,21). The normalized spacial score (nSPS) is 11.0. The van der Waals surface area contributed by atoms with E-state index in [2.05, 4.69) is 25.9 Å². The molecule has 1 amide bonds. The van der Waals surface area contributed by atoms with Gasteiger partial charge in [0, 0.05) is 15.6 Å². The molecule has 1 aromatic carbocycles. The molecule has 0 bridgehead atoms. The molecule has 0 spiro atoms. The molecule has 0 fully saturated rings. The number of thiophene rings is 1. The lowest BCUT2D eigenvalue weighted by atomic mass is 10.2. The number of para-hydroxylation sites is 1. The summed E-state index contributed by atoms with van der Waals surface area (Å²) in [5.74, 6) is -0.174. The Morgan fingerprint density at radius 1 is 1.25 bits per heavy atom. The van der Waals surface area contributed by atoms with Crippen molar-refractivity contribution in [2.45, 2.75) is 13.5 Å². The van der Waals surface area contributed by atoms with Gasteiger partial charge in [-0.25, -0.2) is 4.98 Å². The summed E-state index contributed by atoms with van der Waals surface area (Å²) in [6, 6.07) is 11.7. The van der Waals surface area contributed by atoms with Crippen LogP contribution in [0.2, 0.25) is 0 Å². The number of carbonyl (C=O) groups is 1. The second-order valence-electron chi connectivity index (χ2n) is 5.32. The van der Waals surface area contributed by atoms with Crippen molar-refractivity contribution in [3.8, 4) is 10.6 Å². The van der Waals surface area contributed by atoms with Crippen LogP contribution < -0.4 is 5.32 Å². The second kappa shape index (κ2) is 6.18. The van der Waals surface area contributed by atoms with E-state index in [0.29, 0.717) is 12.2 Å². The number of aryl methyl sites for hydroxylation is 1. The van der Waals surface area contributed by atoms with Crippen molar-refractivity contribution in [1.82, 2.24) is 20.5 Å². The number of rotatable bonds is 4. The van der Waals surface area contributed by atoms with Crippen LogP contribution in [0.4, 0.5) is 0 Å². The molecule has 0 unspecified atom stereocenters. The fourth-order valence-electron chi connectivity index (χ4n) is 2.47. The van der Waals surface area contributed by atoms with E-state index in [9.17, 15) is 4.79 Å². The Morgan fingerprint density at radius 2 is 2.12 bits per heavy atom. The van der Waals surface area contributed by atoms with E-state index in [0.717, 1.165) is 31.4 Å². The maximum Gasteiger partial charge on any atom is 0.272 e. The fraction of sp³-hybridized carbons (Fsp3) is 0.118. The predicted molar refractivity (Wildman–Crippen MR) is 97.4 cm³/mol. The number of aromatic amines is 1. The Kier molecular flexibility index (Phi) is 3.87. The van der Waals surface area contributed by atoms with Gasteiger partial charge in [-0.1, -0.05) is 18.2 Å². The highest BCUT2D eigenvalue weighted by Gasteiger charge is 2.14. The van der Waals surface area contributed by atoms with Crippen LogP contribution in [-0.4, -0.2) is 21.1 Å². The summed E-state index contributed by atoms with van der Waals surface area (Å²) in [6.45, 7) is 2.48. The molecule has 3 heterocycles. The molecule has 0 radical (unpaired) electrons. The van der Waals surface area contributed by atoms with Gasteiger partial charge in [0.05, 0.1) is 27.6 Å². The zero-order valence-electron chi connectivity index (χ0n) is 12.9. The monoisotopic (exact) mass is 354 g/mol. The largest absolute Gasteiger partial charge is 0.346 e. The number of carbonyl (C=O) groups excluding carboxylic acids is 1. The van der Waals surface area contributed by atoms with Crippen molar-refractivity contribution >= 4 is 39.5 Å². The first-order valence-corrected chi connectivity index (χ1v) is 9.13. The van der Waals surface area contributed by atoms with E-state index in [-0.39, 0.29) is 5.91 Å². The number of hydrogen-bond donors (Lipinski definition) is 2. The van der Waals surface area contributed by atoms with Crippen LogP contribution in [0.15, 0.2) is 41.8 Å². The van der Waals surface area contributed by atoms with Crippen LogP contribution in [0.5, 0.6) is 0 Å². The number of aromatic nitrogens is 3. The van der Waals surface area contributed by atoms with Gasteiger partial charge in [0.2, 0.25) is 0 Å². The van der Waals surface area contributed by atoms with E-state index >= 15 is 0 Å². The minimum absolute atomic E-state index is 0.174. The van der Waals surface area contributed by atoms with E-state index in [4.69, 9.17) is 0 Å². The average Bonchev–Trinajstić information content (AvgIpc) is 3.31. The van der Waals surface area contributed by atoms with Crippen LogP contribution in [0, 0.1) is 6.92 Å². The van der Waals surface area contributed by atoms with Crippen LogP contribution >= 0.6 is 22.7 Å². The van der Waals surface area contributed by atoms with Crippen molar-refractivity contribution in [2.24, 2.45) is 0 Å². The van der Waals surface area contributed by atoms with Crippen LogP contribution in [0.3, 0.4) is 0 Å². The van der Waals surface area contributed by atoms with Gasteiger partial charge in [0.15, 0.2) is 5.69 Å². The molecule has 0 atom stereocenters. The first-order valence-electron chi connectivity index (χ1n) is 7.43. The first kappa shape index (κ1) is 15.0. The number of nitrogens with one attached hydrogen (secondary N) is 2. The smallest absolute Gasteiger partial charge is 0.272 e. The highest BCUT2D eigenvalue weighted by Crippen LogP contribution is 2.29. The van der Waals surface area contributed by atoms with Gasteiger partial charge in [-0.3, -0.25) is 9.89 Å². The summed E-state index contributed by atoms with van der Waals surface area (Å²) in [4.78, 5) is 19.1. The number of nitrogens with zero attached hydrogens (tertiary/aromatic N) is 2. The SMILES string of the molecule is Cc1nc(-c2ccc(CNC(=O)c3n[nH]c4ccccc34)s2)cs1. The summed E-state index contributed by atoms with van der Waals surface area (Å²) in [6.07, 6.45) is 0. The zero-order valence-corrected chi connectivity index (χ0v) is 14.5. The molecule has 0 saturated carbocycles. The third-order valence-corrected chi connectivity index (χ3v) is 5.52. The number of thiazole rings is 1. The maximum atomic E-state index is 12.4. The molecule has 2 N–H and O–H groups in total. The van der Waals surface area contributed by atoms with Gasteiger partial charge in [0.25, 0.3) is 5.91 Å². The van der Waals surface area contributed by atoms with Crippen LogP contribution in [-0.2, 0) is 6.54 Å². The van der Waals surface area contributed by atoms with E-state index in [1.165, 1.54) is 0 Å². The van der Waals surface area contributed by atoms with E-state index < -0.39 is 0 Å². The maximum absolute atomic E-state index is 12.4. The van der Waals surface area contributed by atoms with Crippen molar-refractivity contribution in [3.05, 3.63) is 57.4 Å². The van der Waals surface area contributed by atoms with Gasteiger partial charge in [-0.15, -0.1) is 22.7 Å². The summed E-state index contributed by atoms with van der Waals surface area (Å²) in [5, 5.41) is 13.9. The van der Waals surface area contributed by atoms with Crippen molar-refractivity contribution < 1.29 is 4.79 Å². The molecule has 24 heavy (non-hydrogen) atoms. The van der Waals surface area contributed by atoms with Crippen molar-refractivity contribution in [3.63, 3.8) is 0 Å². The Balaban J connectivity index is 1.47. The lowest BCUT2D eigenvalue weighted by Crippen LogP contribution is -2.22. The Hall–Kier alpha value is -2.51. The van der Waals surface area contributed by atoms with Crippen molar-refractivity contribution in [1.29, 1.82) is 0 Å². The lowest BCUT2D eigenvalue weighted by molar-refractivity contribution is 0.0948. The Morgan fingerprint density at radius 3 is 2.96 bits per heavy atom. The van der Waals surface area contributed by atoms with Crippen LogP contribution in [0.1, 0.15) is 20.4 Å². The summed E-state index contributed by atoms with van der Waals surface area (Å²) in [5.41, 5.74) is 2.29. The van der Waals surface area contributed by atoms with Gasteiger partial charge < -0.3 is 5.32 Å². The van der Waals surface area contributed by atoms with Gasteiger partial charge in [-0.2, -0.15) is 5.10 Å². The third kappa shape index (κ3) is 2.83. The Labute approximate surface area is 146 Å². The number of hydrogen-bond acceptors (Lipinski definition) is 5. The minimum atomic E-state index is -0.174. The van der Waals surface area contributed by atoms with E-state index in [1.54, 1.807) is 22.7 Å². The molecule has 0 aliphatic rings. The van der Waals surface area contributed by atoms with E-state index in [1.807, 2.05) is 43.3 Å². The average molecular weight is 354 g/mol. The fourth-order valence-corrected chi connectivity index (χ4v) is 4.07. The second-order valence-corrected chi connectivity index (χ2v) is 7.55. The zero-order chi connectivity index (χ0) is 16.5. The predicted octanol–water partition coefficient (Wildman–Crippen LogP) is 3.99. The lowest BCUT2D eigenvalue weighted by Gasteiger charge is -2.01. The number of amides is 1. The molecule has 0 aliphatic carbocycles. The highest BCUT2D eigenvalue weighted by atomic mass is 32.1. The molecular formula is C17H14N4OS2. The number of benzene rings is 1. The van der Waals surface area contributed by atoms with Crippen molar-refractivity contribution in [2.75, 3.05) is 0 Å².